The lowest BCUT2D eigenvalue weighted by Gasteiger charge is -2.32. The summed E-state index contributed by atoms with van der Waals surface area (Å²) < 4.78 is 34.3. The highest BCUT2D eigenvalue weighted by Gasteiger charge is 2.33. The van der Waals surface area contributed by atoms with Gasteiger partial charge in [0.1, 0.15) is 18.3 Å². The molecule has 0 saturated heterocycles. The predicted molar refractivity (Wildman–Crippen MR) is 158 cm³/mol. The van der Waals surface area contributed by atoms with Crippen molar-refractivity contribution in [2.75, 3.05) is 24.5 Å². The van der Waals surface area contributed by atoms with E-state index in [9.17, 15) is 18.0 Å². The molecule has 0 fully saturated rings. The minimum absolute atomic E-state index is 0.000250. The molecular formula is C30H36ClN3O5S. The van der Waals surface area contributed by atoms with Crippen molar-refractivity contribution in [1.29, 1.82) is 0 Å². The van der Waals surface area contributed by atoms with E-state index in [0.29, 0.717) is 6.54 Å². The van der Waals surface area contributed by atoms with Crippen molar-refractivity contribution >= 4 is 39.1 Å². The molecule has 0 radical (unpaired) electrons. The predicted octanol–water partition coefficient (Wildman–Crippen LogP) is 5.19. The van der Waals surface area contributed by atoms with E-state index in [2.05, 4.69) is 5.32 Å². The van der Waals surface area contributed by atoms with E-state index in [1.807, 2.05) is 38.1 Å². The van der Waals surface area contributed by atoms with Crippen LogP contribution in [0.4, 0.5) is 5.69 Å². The second kappa shape index (κ2) is 14.2. The number of hydrogen-bond acceptors (Lipinski definition) is 5. The first-order chi connectivity index (χ1) is 19.1. The quantitative estimate of drug-likeness (QED) is 0.279. The number of methoxy groups -OCH3 is 1. The number of unbranched alkanes of at least 4 members (excludes halogenated alkanes) is 1. The van der Waals surface area contributed by atoms with Crippen molar-refractivity contribution in [3.63, 3.8) is 0 Å². The van der Waals surface area contributed by atoms with Crippen LogP contribution in [0.5, 0.6) is 5.75 Å². The van der Waals surface area contributed by atoms with E-state index in [1.165, 1.54) is 30.2 Å². The molecule has 0 aliphatic carbocycles. The first kappa shape index (κ1) is 31.0. The molecule has 2 amide bonds. The van der Waals surface area contributed by atoms with Gasteiger partial charge in [0.25, 0.3) is 10.0 Å². The zero-order valence-corrected chi connectivity index (χ0v) is 24.8. The maximum absolute atomic E-state index is 14.0. The number of nitrogens with one attached hydrogen (secondary N) is 1. The second-order valence-electron chi connectivity index (χ2n) is 9.47. The fourth-order valence-electron chi connectivity index (χ4n) is 4.10. The molecule has 0 aliphatic rings. The highest BCUT2D eigenvalue weighted by atomic mass is 35.5. The Labute approximate surface area is 241 Å². The highest BCUT2D eigenvalue weighted by Crippen LogP contribution is 2.35. The van der Waals surface area contributed by atoms with E-state index in [-0.39, 0.29) is 33.8 Å². The number of carbonyl (C=O) groups is 2. The van der Waals surface area contributed by atoms with Crippen LogP contribution in [0.1, 0.15) is 37.8 Å². The summed E-state index contributed by atoms with van der Waals surface area (Å²) in [6, 6.07) is 19.2. The summed E-state index contributed by atoms with van der Waals surface area (Å²) in [6.07, 6.45) is 1.72. The summed E-state index contributed by atoms with van der Waals surface area (Å²) in [6.45, 7) is 5.65. The lowest BCUT2D eigenvalue weighted by molar-refractivity contribution is -0.139. The van der Waals surface area contributed by atoms with Gasteiger partial charge in [0.2, 0.25) is 11.8 Å². The smallest absolute Gasteiger partial charge is 0.264 e. The SMILES string of the molecule is CCCCNC(=O)[C@H](C)N(Cc1ccc(C)cc1)C(=O)CN(c1cc(Cl)ccc1OC)S(=O)(=O)c1ccccc1. The maximum Gasteiger partial charge on any atom is 0.264 e. The molecule has 0 aromatic heterocycles. The van der Waals surface area contributed by atoms with Gasteiger partial charge in [-0.3, -0.25) is 13.9 Å². The van der Waals surface area contributed by atoms with E-state index in [1.54, 1.807) is 37.3 Å². The summed E-state index contributed by atoms with van der Waals surface area (Å²) in [5.74, 6) is -0.640. The molecule has 3 aromatic carbocycles. The van der Waals surface area contributed by atoms with Crippen molar-refractivity contribution in [3.05, 3.63) is 88.9 Å². The molecule has 0 saturated carbocycles. The minimum Gasteiger partial charge on any atom is -0.495 e. The van der Waals surface area contributed by atoms with Gasteiger partial charge < -0.3 is 15.0 Å². The van der Waals surface area contributed by atoms with E-state index < -0.39 is 28.5 Å². The third kappa shape index (κ3) is 7.76. The van der Waals surface area contributed by atoms with E-state index in [4.69, 9.17) is 16.3 Å². The monoisotopic (exact) mass is 585 g/mol. The summed E-state index contributed by atoms with van der Waals surface area (Å²) in [7, 11) is -2.82. The fourth-order valence-corrected chi connectivity index (χ4v) is 5.70. The molecule has 3 rings (SSSR count). The molecule has 3 aromatic rings. The van der Waals surface area contributed by atoms with Gasteiger partial charge in [0.15, 0.2) is 0 Å². The maximum atomic E-state index is 14.0. The average Bonchev–Trinajstić information content (AvgIpc) is 2.95. The molecule has 0 aliphatic heterocycles. The zero-order valence-electron chi connectivity index (χ0n) is 23.3. The van der Waals surface area contributed by atoms with Gasteiger partial charge in [-0.25, -0.2) is 8.42 Å². The lowest BCUT2D eigenvalue weighted by atomic mass is 10.1. The normalized spacial score (nSPS) is 11.9. The van der Waals surface area contributed by atoms with Crippen molar-refractivity contribution in [2.24, 2.45) is 0 Å². The van der Waals surface area contributed by atoms with Crippen LogP contribution in [0, 0.1) is 6.92 Å². The van der Waals surface area contributed by atoms with Crippen LogP contribution in [0.25, 0.3) is 0 Å². The Balaban J connectivity index is 2.05. The minimum atomic E-state index is -4.23. The summed E-state index contributed by atoms with van der Waals surface area (Å²) in [5.41, 5.74) is 1.98. The van der Waals surface area contributed by atoms with Gasteiger partial charge in [-0.1, -0.05) is 73.0 Å². The second-order valence-corrected chi connectivity index (χ2v) is 11.8. The van der Waals surface area contributed by atoms with Crippen LogP contribution >= 0.6 is 11.6 Å². The van der Waals surface area contributed by atoms with Gasteiger partial charge in [0, 0.05) is 18.1 Å². The van der Waals surface area contributed by atoms with Gasteiger partial charge in [-0.15, -0.1) is 0 Å². The van der Waals surface area contributed by atoms with Gasteiger partial charge in [0.05, 0.1) is 17.7 Å². The Morgan fingerprint density at radius 1 is 1.02 bits per heavy atom. The summed E-state index contributed by atoms with van der Waals surface area (Å²) >= 11 is 6.26. The summed E-state index contributed by atoms with van der Waals surface area (Å²) in [5, 5.41) is 3.15. The first-order valence-electron chi connectivity index (χ1n) is 13.1. The molecule has 10 heteroatoms. The van der Waals surface area contributed by atoms with Crippen LogP contribution in [-0.4, -0.2) is 51.4 Å². The number of ether oxygens (including phenoxy) is 1. The number of rotatable bonds is 13. The molecule has 1 atom stereocenters. The first-order valence-corrected chi connectivity index (χ1v) is 14.9. The number of hydrogen-bond donors (Lipinski definition) is 1. The molecule has 0 unspecified atom stereocenters. The highest BCUT2D eigenvalue weighted by molar-refractivity contribution is 7.92. The molecule has 1 N–H and O–H groups in total. The van der Waals surface area contributed by atoms with Crippen molar-refractivity contribution in [2.45, 2.75) is 51.1 Å². The van der Waals surface area contributed by atoms with Gasteiger partial charge in [-0.05, 0) is 56.2 Å². The van der Waals surface area contributed by atoms with Crippen LogP contribution < -0.4 is 14.4 Å². The number of anilines is 1. The molecule has 214 valence electrons. The molecule has 0 spiro atoms. The Bertz CT molecular complexity index is 1400. The Morgan fingerprint density at radius 2 is 1.70 bits per heavy atom. The van der Waals surface area contributed by atoms with Gasteiger partial charge in [-0.2, -0.15) is 0 Å². The Kier molecular flexibility index (Phi) is 11.0. The fraction of sp³-hybridized carbons (Fsp3) is 0.333. The Hall–Kier alpha value is -3.56. The molecule has 40 heavy (non-hydrogen) atoms. The van der Waals surface area contributed by atoms with Crippen LogP contribution in [0.15, 0.2) is 77.7 Å². The number of benzene rings is 3. The topological polar surface area (TPSA) is 96.0 Å². The number of aryl methyl sites for hydroxylation is 1. The summed E-state index contributed by atoms with van der Waals surface area (Å²) in [4.78, 5) is 28.5. The Morgan fingerprint density at radius 3 is 2.33 bits per heavy atom. The molecule has 8 nitrogen and oxygen atoms in total. The number of halogens is 1. The third-order valence-corrected chi connectivity index (χ3v) is 8.50. The number of amides is 2. The third-order valence-electron chi connectivity index (χ3n) is 6.49. The van der Waals surface area contributed by atoms with Crippen molar-refractivity contribution in [3.8, 4) is 5.75 Å². The number of sulfonamides is 1. The molecule has 0 heterocycles. The molecule has 0 bridgehead atoms. The largest absolute Gasteiger partial charge is 0.495 e. The van der Waals surface area contributed by atoms with Crippen molar-refractivity contribution < 1.29 is 22.7 Å². The van der Waals surface area contributed by atoms with Gasteiger partial charge >= 0.3 is 0 Å². The molecular weight excluding hydrogens is 550 g/mol. The van der Waals surface area contributed by atoms with Crippen LogP contribution in [0.3, 0.4) is 0 Å². The lowest BCUT2D eigenvalue weighted by Crippen LogP contribution is -2.51. The van der Waals surface area contributed by atoms with Crippen LogP contribution in [0.2, 0.25) is 5.02 Å². The van der Waals surface area contributed by atoms with Crippen LogP contribution in [-0.2, 0) is 26.2 Å². The van der Waals surface area contributed by atoms with E-state index in [0.717, 1.165) is 28.3 Å². The standard InChI is InChI=1S/C30H36ClN3O5S/c1-5-6-18-32-30(36)23(3)33(20-24-14-12-22(2)13-15-24)29(35)21-34(27-19-25(31)16-17-28(27)39-4)40(37,38)26-10-8-7-9-11-26/h7-17,19,23H,5-6,18,20-21H2,1-4H3,(H,32,36)/t23-/m0/s1. The zero-order chi connectivity index (χ0) is 29.3. The average molecular weight is 586 g/mol. The number of carbonyl (C=O) groups excluding carboxylic acids is 2. The van der Waals surface area contributed by atoms with E-state index >= 15 is 0 Å². The number of nitrogens with zero attached hydrogens (tertiary/aromatic N) is 2. The van der Waals surface area contributed by atoms with Crippen molar-refractivity contribution in [1.82, 2.24) is 10.2 Å².